The second-order valence-electron chi connectivity index (χ2n) is 5.30. The van der Waals surface area contributed by atoms with Crippen molar-refractivity contribution in [1.82, 2.24) is 4.90 Å². The van der Waals surface area contributed by atoms with Crippen LogP contribution in [0.25, 0.3) is 0 Å². The second-order valence-corrected chi connectivity index (χ2v) is 5.30. The van der Waals surface area contributed by atoms with Crippen LogP contribution in [0.1, 0.15) is 11.1 Å². The molecule has 0 spiro atoms. The molecule has 0 fully saturated rings. The van der Waals surface area contributed by atoms with Crippen LogP contribution in [0.2, 0.25) is 0 Å². The number of benzene rings is 2. The largest absolute Gasteiger partial charge is 0.496 e. The topological polar surface area (TPSA) is 55.6 Å². The fourth-order valence-electron chi connectivity index (χ4n) is 2.41. The van der Waals surface area contributed by atoms with Crippen LogP contribution in [-0.2, 0) is 17.8 Å². The van der Waals surface area contributed by atoms with Crippen molar-refractivity contribution in [2.24, 2.45) is 5.73 Å². The molecule has 0 aliphatic carbocycles. The van der Waals surface area contributed by atoms with Gasteiger partial charge in [0.25, 0.3) is 0 Å². The molecule has 22 heavy (non-hydrogen) atoms. The number of carbonyl (C=O) groups excluding carboxylic acids is 1. The fourth-order valence-corrected chi connectivity index (χ4v) is 2.41. The molecule has 1 atom stereocenters. The Hall–Kier alpha value is -2.33. The predicted molar refractivity (Wildman–Crippen MR) is 87.6 cm³/mol. The number of para-hydroxylation sites is 1. The zero-order valence-corrected chi connectivity index (χ0v) is 13.0. The number of nitrogens with two attached hydrogens (primary N) is 1. The van der Waals surface area contributed by atoms with Crippen molar-refractivity contribution < 1.29 is 9.53 Å². The van der Waals surface area contributed by atoms with Gasteiger partial charge in [0.1, 0.15) is 5.75 Å². The first kappa shape index (κ1) is 16.0. The van der Waals surface area contributed by atoms with Gasteiger partial charge < -0.3 is 15.4 Å². The van der Waals surface area contributed by atoms with Gasteiger partial charge in [0.05, 0.1) is 13.2 Å². The molecule has 4 nitrogen and oxygen atoms in total. The lowest BCUT2D eigenvalue weighted by atomic mass is 10.1. The Morgan fingerprint density at radius 2 is 1.77 bits per heavy atom. The van der Waals surface area contributed by atoms with Gasteiger partial charge in [0.2, 0.25) is 5.91 Å². The SMILES string of the molecule is COc1ccccc1CN(C)C(=O)C(N)Cc1ccccc1. The smallest absolute Gasteiger partial charge is 0.239 e. The maximum atomic E-state index is 12.4. The van der Waals surface area contributed by atoms with Gasteiger partial charge in [-0.25, -0.2) is 0 Å². The van der Waals surface area contributed by atoms with E-state index in [1.54, 1.807) is 19.1 Å². The van der Waals surface area contributed by atoms with E-state index in [2.05, 4.69) is 0 Å². The highest BCUT2D eigenvalue weighted by Gasteiger charge is 2.19. The second kappa shape index (κ2) is 7.61. The van der Waals surface area contributed by atoms with Gasteiger partial charge in [-0.1, -0.05) is 48.5 Å². The quantitative estimate of drug-likeness (QED) is 0.889. The van der Waals surface area contributed by atoms with Gasteiger partial charge in [0, 0.05) is 19.2 Å². The minimum atomic E-state index is -0.540. The minimum Gasteiger partial charge on any atom is -0.496 e. The van der Waals surface area contributed by atoms with Crippen molar-refractivity contribution in [2.75, 3.05) is 14.2 Å². The number of carbonyl (C=O) groups is 1. The molecule has 2 rings (SSSR count). The summed E-state index contributed by atoms with van der Waals surface area (Å²) in [5.74, 6) is 0.702. The Balaban J connectivity index is 1.99. The van der Waals surface area contributed by atoms with Crippen LogP contribution >= 0.6 is 0 Å². The van der Waals surface area contributed by atoms with Crippen molar-refractivity contribution in [1.29, 1.82) is 0 Å². The number of hydrogen-bond donors (Lipinski definition) is 1. The first-order valence-corrected chi connectivity index (χ1v) is 7.28. The van der Waals surface area contributed by atoms with Crippen LogP contribution in [0.3, 0.4) is 0 Å². The van der Waals surface area contributed by atoms with E-state index >= 15 is 0 Å². The van der Waals surface area contributed by atoms with Crippen molar-refractivity contribution in [3.63, 3.8) is 0 Å². The molecule has 0 bridgehead atoms. The van der Waals surface area contributed by atoms with Crippen molar-refractivity contribution in [3.8, 4) is 5.75 Å². The van der Waals surface area contributed by atoms with Crippen LogP contribution in [0.4, 0.5) is 0 Å². The fraction of sp³-hybridized carbons (Fsp3) is 0.278. The first-order chi connectivity index (χ1) is 10.6. The molecule has 2 aromatic rings. The summed E-state index contributed by atoms with van der Waals surface area (Å²) in [7, 11) is 3.39. The molecule has 0 saturated heterocycles. The molecule has 0 aromatic heterocycles. The Labute approximate surface area is 131 Å². The summed E-state index contributed by atoms with van der Waals surface area (Å²) in [6.45, 7) is 0.478. The van der Waals surface area contributed by atoms with Gasteiger partial charge in [-0.05, 0) is 18.1 Å². The maximum Gasteiger partial charge on any atom is 0.239 e. The van der Waals surface area contributed by atoms with Crippen LogP contribution in [0.5, 0.6) is 5.75 Å². The zero-order valence-electron chi connectivity index (χ0n) is 13.0. The highest BCUT2D eigenvalue weighted by molar-refractivity contribution is 5.81. The number of ether oxygens (including phenoxy) is 1. The third kappa shape index (κ3) is 4.09. The summed E-state index contributed by atoms with van der Waals surface area (Å²) in [4.78, 5) is 14.1. The minimum absolute atomic E-state index is 0.0743. The summed E-state index contributed by atoms with van der Waals surface area (Å²) >= 11 is 0. The van der Waals surface area contributed by atoms with Crippen molar-refractivity contribution in [3.05, 3.63) is 65.7 Å². The monoisotopic (exact) mass is 298 g/mol. The van der Waals surface area contributed by atoms with Gasteiger partial charge in [-0.15, -0.1) is 0 Å². The lowest BCUT2D eigenvalue weighted by molar-refractivity contribution is -0.131. The number of amides is 1. The number of rotatable bonds is 6. The Morgan fingerprint density at radius 1 is 1.14 bits per heavy atom. The zero-order chi connectivity index (χ0) is 15.9. The normalized spacial score (nSPS) is 11.8. The van der Waals surface area contributed by atoms with Crippen LogP contribution < -0.4 is 10.5 Å². The molecule has 0 heterocycles. The van der Waals surface area contributed by atoms with Crippen LogP contribution in [0, 0.1) is 0 Å². The average molecular weight is 298 g/mol. The van der Waals surface area contributed by atoms with Crippen molar-refractivity contribution >= 4 is 5.91 Å². The summed E-state index contributed by atoms with van der Waals surface area (Å²) in [5, 5.41) is 0. The predicted octanol–water partition coefficient (Wildman–Crippen LogP) is 2.22. The summed E-state index contributed by atoms with van der Waals surface area (Å²) in [5.41, 5.74) is 8.08. The number of hydrogen-bond acceptors (Lipinski definition) is 3. The van der Waals surface area contributed by atoms with E-state index in [1.165, 1.54) is 0 Å². The summed E-state index contributed by atoms with van der Waals surface area (Å²) in [6, 6.07) is 16.9. The number of methoxy groups -OCH3 is 1. The van der Waals surface area contributed by atoms with Crippen LogP contribution in [0.15, 0.2) is 54.6 Å². The highest BCUT2D eigenvalue weighted by Crippen LogP contribution is 2.19. The van der Waals surface area contributed by atoms with E-state index in [-0.39, 0.29) is 5.91 Å². The van der Waals surface area contributed by atoms with E-state index < -0.39 is 6.04 Å². The first-order valence-electron chi connectivity index (χ1n) is 7.28. The van der Waals surface area contributed by atoms with Gasteiger partial charge in [-0.3, -0.25) is 4.79 Å². The molecule has 116 valence electrons. The summed E-state index contributed by atoms with van der Waals surface area (Å²) in [6.07, 6.45) is 0.538. The Kier molecular flexibility index (Phi) is 5.55. The van der Waals surface area contributed by atoms with Gasteiger partial charge in [-0.2, -0.15) is 0 Å². The molecule has 2 N–H and O–H groups in total. The molecule has 1 amide bonds. The molecular weight excluding hydrogens is 276 g/mol. The average Bonchev–Trinajstić information content (AvgIpc) is 2.55. The molecule has 0 aliphatic rings. The molecule has 4 heteroatoms. The third-order valence-electron chi connectivity index (χ3n) is 3.59. The standard InChI is InChI=1S/C18H22N2O2/c1-20(13-15-10-6-7-11-17(15)22-2)18(21)16(19)12-14-8-4-3-5-9-14/h3-11,16H,12-13,19H2,1-2H3. The van der Waals surface area contributed by atoms with E-state index in [0.717, 1.165) is 16.9 Å². The van der Waals surface area contributed by atoms with Crippen molar-refractivity contribution in [2.45, 2.75) is 19.0 Å². The number of nitrogens with zero attached hydrogens (tertiary/aromatic N) is 1. The molecule has 0 radical (unpaired) electrons. The van der Waals surface area contributed by atoms with Gasteiger partial charge in [0.15, 0.2) is 0 Å². The lowest BCUT2D eigenvalue weighted by Gasteiger charge is -2.22. The number of likely N-dealkylation sites (N-methyl/N-ethyl adjacent to an activating group) is 1. The third-order valence-corrected chi connectivity index (χ3v) is 3.59. The van der Waals surface area contributed by atoms with Crippen LogP contribution in [-0.4, -0.2) is 31.0 Å². The summed E-state index contributed by atoms with van der Waals surface area (Å²) < 4.78 is 5.31. The molecule has 0 aliphatic heterocycles. The van der Waals surface area contributed by atoms with Gasteiger partial charge >= 0.3 is 0 Å². The maximum absolute atomic E-state index is 12.4. The lowest BCUT2D eigenvalue weighted by Crippen LogP contribution is -2.42. The molecule has 0 saturated carbocycles. The molecule has 1 unspecified atom stereocenters. The molecular formula is C18H22N2O2. The van der Waals surface area contributed by atoms with E-state index in [0.29, 0.717) is 13.0 Å². The Bertz CT molecular complexity index is 613. The van der Waals surface area contributed by atoms with E-state index in [1.807, 2.05) is 54.6 Å². The molecule has 2 aromatic carbocycles. The Morgan fingerprint density at radius 3 is 2.45 bits per heavy atom. The van der Waals surface area contributed by atoms with E-state index in [9.17, 15) is 4.79 Å². The highest BCUT2D eigenvalue weighted by atomic mass is 16.5. The van der Waals surface area contributed by atoms with E-state index in [4.69, 9.17) is 10.5 Å².